The van der Waals surface area contributed by atoms with E-state index in [0.717, 1.165) is 46.2 Å². The number of fused-ring (bicyclic) bond motifs is 1. The van der Waals surface area contributed by atoms with Gasteiger partial charge in [-0.15, -0.1) is 0 Å². The van der Waals surface area contributed by atoms with Crippen molar-refractivity contribution < 1.29 is 14.3 Å². The van der Waals surface area contributed by atoms with Crippen LogP contribution in [0.3, 0.4) is 0 Å². The zero-order valence-corrected chi connectivity index (χ0v) is 18.6. The van der Waals surface area contributed by atoms with Gasteiger partial charge in [0.2, 0.25) is 0 Å². The predicted molar refractivity (Wildman–Crippen MR) is 115 cm³/mol. The van der Waals surface area contributed by atoms with E-state index in [0.29, 0.717) is 5.75 Å². The average Bonchev–Trinajstić information content (AvgIpc) is 2.70. The summed E-state index contributed by atoms with van der Waals surface area (Å²) in [5.74, 6) is 1.45. The van der Waals surface area contributed by atoms with Crippen LogP contribution in [-0.2, 0) is 4.79 Å². The fourth-order valence-corrected chi connectivity index (χ4v) is 4.03. The molecule has 0 saturated heterocycles. The Morgan fingerprint density at radius 3 is 2.50 bits per heavy atom. The summed E-state index contributed by atoms with van der Waals surface area (Å²) in [7, 11) is 0. The summed E-state index contributed by atoms with van der Waals surface area (Å²) in [6.45, 7) is 8.29. The lowest BCUT2D eigenvalue weighted by molar-refractivity contribution is -0.124. The van der Waals surface area contributed by atoms with Crippen LogP contribution in [-0.4, -0.2) is 18.1 Å². The number of halogens is 1. The van der Waals surface area contributed by atoms with Crippen LogP contribution in [0, 0.1) is 13.8 Å². The van der Waals surface area contributed by atoms with Crippen LogP contribution < -0.4 is 14.8 Å². The van der Waals surface area contributed by atoms with Crippen molar-refractivity contribution in [1.82, 2.24) is 5.32 Å². The molecule has 4 nitrogen and oxygen atoms in total. The second-order valence-corrected chi connectivity index (χ2v) is 8.31. The van der Waals surface area contributed by atoms with Gasteiger partial charge in [-0.2, -0.15) is 0 Å². The summed E-state index contributed by atoms with van der Waals surface area (Å²) in [6.07, 6.45) is 2.57. The number of amides is 1. The molecule has 0 bridgehead atoms. The van der Waals surface area contributed by atoms with Crippen molar-refractivity contribution in [2.75, 3.05) is 6.61 Å². The van der Waals surface area contributed by atoms with Crippen LogP contribution in [0.5, 0.6) is 11.5 Å². The Labute approximate surface area is 175 Å². The number of hydrogen-bond acceptors (Lipinski definition) is 3. The van der Waals surface area contributed by atoms with Crippen LogP contribution in [0.1, 0.15) is 55.8 Å². The lowest BCUT2D eigenvalue weighted by Gasteiger charge is -2.41. The second kappa shape index (κ2) is 8.56. The van der Waals surface area contributed by atoms with Crippen molar-refractivity contribution in [3.8, 4) is 11.5 Å². The SMILES string of the molecule is CCC1(CC)C[C@H](NC(=O)COc2cc(C)c(Br)c(C)c2)c2ccccc2O1. The molecule has 3 rings (SSSR count). The highest BCUT2D eigenvalue weighted by atomic mass is 79.9. The first kappa shape index (κ1) is 20.7. The molecule has 150 valence electrons. The van der Waals surface area contributed by atoms with Gasteiger partial charge < -0.3 is 14.8 Å². The number of carbonyl (C=O) groups is 1. The Morgan fingerprint density at radius 2 is 1.86 bits per heavy atom. The van der Waals surface area contributed by atoms with Gasteiger partial charge in [0.05, 0.1) is 6.04 Å². The van der Waals surface area contributed by atoms with Gasteiger partial charge in [0.15, 0.2) is 6.61 Å². The highest BCUT2D eigenvalue weighted by molar-refractivity contribution is 9.10. The molecule has 0 spiro atoms. The number of para-hydroxylation sites is 1. The largest absolute Gasteiger partial charge is 0.487 e. The Bertz CT molecular complexity index is 838. The number of benzene rings is 2. The Kier molecular flexibility index (Phi) is 6.33. The molecule has 0 saturated carbocycles. The molecule has 1 amide bonds. The Balaban J connectivity index is 1.71. The molecule has 2 aromatic carbocycles. The topological polar surface area (TPSA) is 47.6 Å². The zero-order chi connectivity index (χ0) is 20.3. The van der Waals surface area contributed by atoms with E-state index in [1.54, 1.807) is 0 Å². The molecule has 2 aromatic rings. The summed E-state index contributed by atoms with van der Waals surface area (Å²) < 4.78 is 13.1. The number of aryl methyl sites for hydroxylation is 2. The van der Waals surface area contributed by atoms with E-state index in [2.05, 4.69) is 35.1 Å². The van der Waals surface area contributed by atoms with E-state index in [9.17, 15) is 4.79 Å². The molecule has 0 unspecified atom stereocenters. The van der Waals surface area contributed by atoms with Crippen molar-refractivity contribution in [1.29, 1.82) is 0 Å². The van der Waals surface area contributed by atoms with Gasteiger partial charge in [0.25, 0.3) is 5.91 Å². The van der Waals surface area contributed by atoms with Gasteiger partial charge in [-0.25, -0.2) is 0 Å². The van der Waals surface area contributed by atoms with Gasteiger partial charge in [-0.3, -0.25) is 4.79 Å². The molecule has 0 fully saturated rings. The van der Waals surface area contributed by atoms with Crippen LogP contribution >= 0.6 is 15.9 Å². The molecular weight excluding hydrogens is 418 g/mol. The Hall–Kier alpha value is -2.01. The quantitative estimate of drug-likeness (QED) is 0.625. The highest BCUT2D eigenvalue weighted by Gasteiger charge is 2.38. The monoisotopic (exact) mass is 445 g/mol. The fourth-order valence-electron chi connectivity index (χ4n) is 3.80. The summed E-state index contributed by atoms with van der Waals surface area (Å²) >= 11 is 3.55. The van der Waals surface area contributed by atoms with Gasteiger partial charge >= 0.3 is 0 Å². The van der Waals surface area contributed by atoms with Gasteiger partial charge in [0.1, 0.15) is 17.1 Å². The van der Waals surface area contributed by atoms with Crippen LogP contribution in [0.2, 0.25) is 0 Å². The van der Waals surface area contributed by atoms with E-state index in [1.807, 2.05) is 50.2 Å². The van der Waals surface area contributed by atoms with Gasteiger partial charge in [-0.05, 0) is 56.0 Å². The van der Waals surface area contributed by atoms with Crippen molar-refractivity contribution in [2.45, 2.75) is 58.6 Å². The minimum Gasteiger partial charge on any atom is -0.487 e. The molecule has 0 aliphatic carbocycles. The molecule has 1 aliphatic heterocycles. The third-order valence-corrected chi connectivity index (χ3v) is 6.85. The predicted octanol–water partition coefficient (Wildman–Crippen LogP) is 5.64. The number of ether oxygens (including phenoxy) is 2. The van der Waals surface area contributed by atoms with E-state index < -0.39 is 0 Å². The van der Waals surface area contributed by atoms with E-state index >= 15 is 0 Å². The number of rotatable bonds is 6. The number of nitrogens with one attached hydrogen (secondary N) is 1. The summed E-state index contributed by atoms with van der Waals surface area (Å²) in [4.78, 5) is 12.6. The Morgan fingerprint density at radius 1 is 1.21 bits per heavy atom. The third-order valence-electron chi connectivity index (χ3n) is 5.60. The minimum atomic E-state index is -0.243. The molecule has 1 heterocycles. The van der Waals surface area contributed by atoms with Crippen LogP contribution in [0.4, 0.5) is 0 Å². The van der Waals surface area contributed by atoms with E-state index in [4.69, 9.17) is 9.47 Å². The molecule has 0 radical (unpaired) electrons. The first-order valence-corrected chi connectivity index (χ1v) is 10.6. The summed E-state index contributed by atoms with van der Waals surface area (Å²) in [6, 6.07) is 11.8. The summed E-state index contributed by atoms with van der Waals surface area (Å²) in [5, 5.41) is 3.16. The van der Waals surface area contributed by atoms with Crippen molar-refractivity contribution in [2.24, 2.45) is 0 Å². The molecule has 1 atom stereocenters. The molecule has 28 heavy (non-hydrogen) atoms. The number of hydrogen-bond donors (Lipinski definition) is 1. The van der Waals surface area contributed by atoms with Crippen LogP contribution in [0.25, 0.3) is 0 Å². The minimum absolute atomic E-state index is 0.00864. The molecule has 1 N–H and O–H groups in total. The maximum Gasteiger partial charge on any atom is 0.258 e. The zero-order valence-electron chi connectivity index (χ0n) is 17.0. The standard InChI is InChI=1S/C23H28BrNO3/c1-5-23(6-2)13-19(18-9-7-8-10-20(18)28-23)25-21(26)14-27-17-11-15(3)22(24)16(4)12-17/h7-12,19H,5-6,13-14H2,1-4H3,(H,25,26)/t19-/m0/s1. The average molecular weight is 446 g/mol. The first-order chi connectivity index (χ1) is 13.4. The summed E-state index contributed by atoms with van der Waals surface area (Å²) in [5.41, 5.74) is 2.96. The second-order valence-electron chi connectivity index (χ2n) is 7.51. The van der Waals surface area contributed by atoms with E-state index in [1.165, 1.54) is 0 Å². The molecule has 5 heteroatoms. The van der Waals surface area contributed by atoms with Crippen molar-refractivity contribution in [3.63, 3.8) is 0 Å². The lowest BCUT2D eigenvalue weighted by atomic mass is 9.83. The van der Waals surface area contributed by atoms with Crippen LogP contribution in [0.15, 0.2) is 40.9 Å². The highest BCUT2D eigenvalue weighted by Crippen LogP contribution is 2.42. The molecular formula is C23H28BrNO3. The van der Waals surface area contributed by atoms with Crippen molar-refractivity contribution in [3.05, 3.63) is 57.6 Å². The number of carbonyl (C=O) groups excluding carboxylic acids is 1. The molecule has 1 aliphatic rings. The normalized spacial score (nSPS) is 17.4. The van der Waals surface area contributed by atoms with Gasteiger partial charge in [-0.1, -0.05) is 48.0 Å². The third kappa shape index (κ3) is 4.35. The maximum atomic E-state index is 12.6. The fraction of sp³-hybridized carbons (Fsp3) is 0.435. The van der Waals surface area contributed by atoms with Gasteiger partial charge in [0, 0.05) is 16.5 Å². The van der Waals surface area contributed by atoms with E-state index in [-0.39, 0.29) is 24.2 Å². The first-order valence-electron chi connectivity index (χ1n) is 9.84. The smallest absolute Gasteiger partial charge is 0.258 e. The maximum absolute atomic E-state index is 12.6. The lowest BCUT2D eigenvalue weighted by Crippen LogP contribution is -2.45. The van der Waals surface area contributed by atoms with Crippen molar-refractivity contribution >= 4 is 21.8 Å². The molecule has 0 aromatic heterocycles.